The van der Waals surface area contributed by atoms with Crippen LogP contribution in [0.15, 0.2) is 52.9 Å². The molecule has 116 valence electrons. The molecule has 3 unspecified atom stereocenters. The van der Waals surface area contributed by atoms with E-state index in [0.29, 0.717) is 0 Å². The molecule has 3 atom stereocenters. The van der Waals surface area contributed by atoms with E-state index >= 15 is 0 Å². The fraction of sp³-hybridized carbons (Fsp3) is 0.316. The van der Waals surface area contributed by atoms with Gasteiger partial charge in [-0.15, -0.1) is 11.8 Å². The molecule has 1 saturated heterocycles. The largest absolute Gasteiger partial charge is 0.336 e. The highest BCUT2D eigenvalue weighted by molar-refractivity contribution is 8.04. The number of nitrogens with one attached hydrogen (secondary N) is 2. The van der Waals surface area contributed by atoms with Crippen LogP contribution in [0.25, 0.3) is 10.8 Å². The Morgan fingerprint density at radius 2 is 1.91 bits per heavy atom. The molecule has 3 aliphatic rings. The molecule has 23 heavy (non-hydrogen) atoms. The van der Waals surface area contributed by atoms with Gasteiger partial charge in [0.2, 0.25) is 5.91 Å². The first kappa shape index (κ1) is 13.6. The van der Waals surface area contributed by atoms with Crippen molar-refractivity contribution in [1.82, 2.24) is 10.6 Å². The van der Waals surface area contributed by atoms with Crippen LogP contribution in [0.4, 0.5) is 0 Å². The van der Waals surface area contributed by atoms with E-state index in [1.54, 1.807) is 0 Å². The highest BCUT2D eigenvalue weighted by Crippen LogP contribution is 2.51. The highest BCUT2D eigenvalue weighted by atomic mass is 32.2. The first-order valence-electron chi connectivity index (χ1n) is 8.24. The van der Waals surface area contributed by atoms with E-state index in [9.17, 15) is 4.79 Å². The van der Waals surface area contributed by atoms with Crippen LogP contribution in [0.1, 0.15) is 31.0 Å². The van der Waals surface area contributed by atoms with E-state index in [1.807, 2.05) is 11.8 Å². The zero-order valence-corrected chi connectivity index (χ0v) is 13.5. The Hall–Kier alpha value is -1.78. The topological polar surface area (TPSA) is 41.1 Å². The number of rotatable bonds is 1. The Morgan fingerprint density at radius 3 is 2.87 bits per heavy atom. The molecule has 2 N–H and O–H groups in total. The molecule has 3 nitrogen and oxygen atoms in total. The molecule has 5 rings (SSSR count). The predicted octanol–water partition coefficient (Wildman–Crippen LogP) is 3.68. The van der Waals surface area contributed by atoms with Gasteiger partial charge in [0, 0.05) is 0 Å². The number of hydrogen-bond donors (Lipinski definition) is 2. The Morgan fingerprint density at radius 1 is 1.04 bits per heavy atom. The molecule has 1 amide bonds. The Bertz CT molecular complexity index is 839. The van der Waals surface area contributed by atoms with Crippen LogP contribution in [-0.2, 0) is 4.79 Å². The van der Waals surface area contributed by atoms with E-state index in [1.165, 1.54) is 27.7 Å². The van der Waals surface area contributed by atoms with E-state index in [4.69, 9.17) is 0 Å². The van der Waals surface area contributed by atoms with Gasteiger partial charge in [0.25, 0.3) is 0 Å². The molecular formula is C19H18N2OS. The van der Waals surface area contributed by atoms with E-state index in [-0.39, 0.29) is 23.4 Å². The Kier molecular flexibility index (Phi) is 3.03. The number of hydrogen-bond acceptors (Lipinski definition) is 3. The van der Waals surface area contributed by atoms with Crippen LogP contribution < -0.4 is 10.6 Å². The first-order chi connectivity index (χ1) is 11.3. The summed E-state index contributed by atoms with van der Waals surface area (Å²) in [6.45, 7) is 0. The van der Waals surface area contributed by atoms with Crippen LogP contribution in [0, 0.1) is 5.92 Å². The summed E-state index contributed by atoms with van der Waals surface area (Å²) in [5.74, 6) is 0.217. The minimum atomic E-state index is -0.109. The molecule has 2 aromatic rings. The van der Waals surface area contributed by atoms with Crippen molar-refractivity contribution in [2.24, 2.45) is 5.92 Å². The van der Waals surface area contributed by atoms with Gasteiger partial charge in [0.05, 0.1) is 11.3 Å². The van der Waals surface area contributed by atoms with E-state index in [0.717, 1.165) is 18.4 Å². The maximum atomic E-state index is 12.7. The van der Waals surface area contributed by atoms with Gasteiger partial charge in [-0.2, -0.15) is 0 Å². The lowest BCUT2D eigenvalue weighted by Gasteiger charge is -2.35. The zero-order chi connectivity index (χ0) is 15.4. The number of benzene rings is 2. The van der Waals surface area contributed by atoms with Gasteiger partial charge in [0.15, 0.2) is 0 Å². The second-order valence-electron chi connectivity index (χ2n) is 6.49. The molecule has 4 heteroatoms. The van der Waals surface area contributed by atoms with Gasteiger partial charge < -0.3 is 5.32 Å². The normalized spacial score (nSPS) is 29.6. The van der Waals surface area contributed by atoms with Gasteiger partial charge in [-0.25, -0.2) is 0 Å². The summed E-state index contributed by atoms with van der Waals surface area (Å²) in [6, 6.07) is 14.7. The molecule has 0 radical (unpaired) electrons. The predicted molar refractivity (Wildman–Crippen MR) is 93.7 cm³/mol. The third-order valence-corrected chi connectivity index (χ3v) is 6.60. The molecule has 0 aromatic heterocycles. The van der Waals surface area contributed by atoms with Crippen LogP contribution in [0.5, 0.6) is 0 Å². The fourth-order valence-electron chi connectivity index (χ4n) is 4.14. The van der Waals surface area contributed by atoms with Crippen molar-refractivity contribution in [3.63, 3.8) is 0 Å². The van der Waals surface area contributed by atoms with Crippen molar-refractivity contribution in [3.05, 3.63) is 58.5 Å². The van der Waals surface area contributed by atoms with Crippen LogP contribution in [0.2, 0.25) is 0 Å². The summed E-state index contributed by atoms with van der Waals surface area (Å²) < 4.78 is 0. The average molecular weight is 322 g/mol. The molecule has 2 aliphatic heterocycles. The summed E-state index contributed by atoms with van der Waals surface area (Å²) in [6.07, 6.45) is 3.35. The average Bonchev–Trinajstić information content (AvgIpc) is 3.14. The molecule has 0 spiro atoms. The van der Waals surface area contributed by atoms with E-state index in [2.05, 4.69) is 53.1 Å². The maximum absolute atomic E-state index is 12.7. The third kappa shape index (κ3) is 2.05. The lowest BCUT2D eigenvalue weighted by atomic mass is 9.93. The Labute approximate surface area is 139 Å². The molecule has 0 bridgehead atoms. The number of carbonyl (C=O) groups excluding carboxylic acids is 1. The number of amides is 1. The monoisotopic (exact) mass is 322 g/mol. The van der Waals surface area contributed by atoms with Crippen molar-refractivity contribution < 1.29 is 4.79 Å². The number of allylic oxidation sites excluding steroid dienone is 1. The molecule has 0 saturated carbocycles. The SMILES string of the molecule is O=C1NC(c2cccc3ccccc23)NC2SC3=C(CCC3)C12. The number of carbonyl (C=O) groups is 1. The van der Waals surface area contributed by atoms with Gasteiger partial charge >= 0.3 is 0 Å². The maximum Gasteiger partial charge on any atom is 0.231 e. The number of thioether (sulfide) groups is 1. The smallest absolute Gasteiger partial charge is 0.231 e. The van der Waals surface area contributed by atoms with Crippen molar-refractivity contribution >= 4 is 28.4 Å². The molecular weight excluding hydrogens is 304 g/mol. The minimum Gasteiger partial charge on any atom is -0.336 e. The molecule has 2 heterocycles. The fourth-order valence-corrected chi connectivity index (χ4v) is 5.72. The van der Waals surface area contributed by atoms with Crippen LogP contribution >= 0.6 is 11.8 Å². The van der Waals surface area contributed by atoms with Crippen molar-refractivity contribution in [2.45, 2.75) is 30.8 Å². The quantitative estimate of drug-likeness (QED) is 0.841. The first-order valence-corrected chi connectivity index (χ1v) is 9.12. The standard InChI is InChI=1S/C19H18N2OS/c22-18-16-14-9-4-10-15(14)23-19(16)21-17(20-18)13-8-3-6-11-5-1-2-7-12(11)13/h1-3,5-8,16-17,19,21H,4,9-10H2,(H,20,22). The summed E-state index contributed by atoms with van der Waals surface area (Å²) in [5.41, 5.74) is 2.55. The van der Waals surface area contributed by atoms with Crippen LogP contribution in [-0.4, -0.2) is 11.3 Å². The number of fused-ring (bicyclic) bond motifs is 3. The van der Waals surface area contributed by atoms with Gasteiger partial charge in [-0.3, -0.25) is 10.1 Å². The lowest BCUT2D eigenvalue weighted by Crippen LogP contribution is -2.54. The second-order valence-corrected chi connectivity index (χ2v) is 7.73. The summed E-state index contributed by atoms with van der Waals surface area (Å²) in [5, 5.41) is 9.49. The molecule has 1 aliphatic carbocycles. The summed E-state index contributed by atoms with van der Waals surface area (Å²) in [7, 11) is 0. The summed E-state index contributed by atoms with van der Waals surface area (Å²) in [4.78, 5) is 14.2. The van der Waals surface area contributed by atoms with Crippen molar-refractivity contribution in [1.29, 1.82) is 0 Å². The second kappa shape index (κ2) is 5.11. The minimum absolute atomic E-state index is 0.0312. The zero-order valence-electron chi connectivity index (χ0n) is 12.7. The third-order valence-electron chi connectivity index (χ3n) is 5.19. The highest BCUT2D eigenvalue weighted by Gasteiger charge is 2.46. The lowest BCUT2D eigenvalue weighted by molar-refractivity contribution is -0.127. The van der Waals surface area contributed by atoms with E-state index < -0.39 is 0 Å². The van der Waals surface area contributed by atoms with Gasteiger partial charge in [0.1, 0.15) is 6.17 Å². The van der Waals surface area contributed by atoms with Crippen molar-refractivity contribution in [2.75, 3.05) is 0 Å². The molecule has 1 fully saturated rings. The van der Waals surface area contributed by atoms with Gasteiger partial charge in [-0.05, 0) is 46.1 Å². The van der Waals surface area contributed by atoms with Crippen molar-refractivity contribution in [3.8, 4) is 0 Å². The van der Waals surface area contributed by atoms with Gasteiger partial charge in [-0.1, -0.05) is 42.5 Å². The Balaban J connectivity index is 1.51. The molecule has 2 aromatic carbocycles. The van der Waals surface area contributed by atoms with Crippen LogP contribution in [0.3, 0.4) is 0 Å². The summed E-state index contributed by atoms with van der Waals surface area (Å²) >= 11 is 1.88.